The molecule has 0 aliphatic carbocycles. The van der Waals surface area contributed by atoms with Crippen molar-refractivity contribution in [3.05, 3.63) is 0 Å². The Hall–Kier alpha value is -0.350. The van der Waals surface area contributed by atoms with Gasteiger partial charge in [-0.15, -0.1) is 11.6 Å². The van der Waals surface area contributed by atoms with Crippen LogP contribution in [0, 0.1) is 5.92 Å². The van der Waals surface area contributed by atoms with E-state index in [2.05, 4.69) is 0 Å². The topological polar surface area (TPSA) is 40.5 Å². The molecule has 0 radical (unpaired) electrons. The van der Waals surface area contributed by atoms with Crippen LogP contribution < -0.4 is 0 Å². The number of likely N-dealkylation sites (tertiary alicyclic amines) is 1. The Morgan fingerprint density at radius 3 is 2.93 bits per heavy atom. The Morgan fingerprint density at radius 2 is 2.33 bits per heavy atom. The lowest BCUT2D eigenvalue weighted by Crippen LogP contribution is -2.46. The molecule has 1 N–H and O–H groups in total. The SMILES string of the molecule is O=C(CCCl)N1CC[C@H](O)[C@H](CCF)C1. The van der Waals surface area contributed by atoms with Gasteiger partial charge >= 0.3 is 0 Å². The molecule has 0 aromatic heterocycles. The molecule has 1 rings (SSSR count). The van der Waals surface area contributed by atoms with Crippen molar-refractivity contribution in [2.75, 3.05) is 25.6 Å². The highest BCUT2D eigenvalue weighted by molar-refractivity contribution is 6.18. The third-order valence-electron chi connectivity index (χ3n) is 2.83. The number of carbonyl (C=O) groups is 1. The first-order chi connectivity index (χ1) is 7.19. The highest BCUT2D eigenvalue weighted by Crippen LogP contribution is 2.21. The van der Waals surface area contributed by atoms with Crippen LogP contribution in [0.25, 0.3) is 0 Å². The van der Waals surface area contributed by atoms with Crippen molar-refractivity contribution in [3.8, 4) is 0 Å². The fourth-order valence-electron chi connectivity index (χ4n) is 1.91. The predicted octanol–water partition coefficient (Wildman–Crippen LogP) is 1.18. The summed E-state index contributed by atoms with van der Waals surface area (Å²) in [6.45, 7) is 0.569. The summed E-state index contributed by atoms with van der Waals surface area (Å²) in [6.07, 6.45) is 0.714. The minimum atomic E-state index is -0.471. The van der Waals surface area contributed by atoms with Crippen LogP contribution in [0.5, 0.6) is 0 Å². The molecule has 15 heavy (non-hydrogen) atoms. The number of piperidine rings is 1. The lowest BCUT2D eigenvalue weighted by Gasteiger charge is -2.35. The van der Waals surface area contributed by atoms with Crippen LogP contribution in [0.1, 0.15) is 19.3 Å². The molecule has 1 amide bonds. The normalized spacial score (nSPS) is 26.7. The number of hydrogen-bond donors (Lipinski definition) is 1. The minimum absolute atomic E-state index is 0.000702. The molecule has 1 fully saturated rings. The molecule has 88 valence electrons. The molecule has 1 aliphatic rings. The van der Waals surface area contributed by atoms with Crippen molar-refractivity contribution < 1.29 is 14.3 Å². The van der Waals surface area contributed by atoms with Gasteiger partial charge in [-0.1, -0.05) is 0 Å². The number of amides is 1. The van der Waals surface area contributed by atoms with Crippen LogP contribution in [0.3, 0.4) is 0 Å². The summed E-state index contributed by atoms with van der Waals surface area (Å²) in [5, 5.41) is 9.60. The summed E-state index contributed by atoms with van der Waals surface area (Å²) in [5.74, 6) is 0.190. The summed E-state index contributed by atoms with van der Waals surface area (Å²) in [4.78, 5) is 13.2. The lowest BCUT2D eigenvalue weighted by atomic mass is 9.92. The number of carbonyl (C=O) groups excluding carboxylic acids is 1. The van der Waals surface area contributed by atoms with Crippen molar-refractivity contribution >= 4 is 17.5 Å². The molecular weight excluding hydrogens is 221 g/mol. The number of aliphatic hydroxyl groups excluding tert-OH is 1. The van der Waals surface area contributed by atoms with Gasteiger partial charge in [0.1, 0.15) is 0 Å². The fraction of sp³-hybridized carbons (Fsp3) is 0.900. The lowest BCUT2D eigenvalue weighted by molar-refractivity contribution is -0.134. The molecule has 3 nitrogen and oxygen atoms in total. The van der Waals surface area contributed by atoms with E-state index in [9.17, 15) is 14.3 Å². The van der Waals surface area contributed by atoms with Crippen LogP contribution in [0.15, 0.2) is 0 Å². The number of alkyl halides is 2. The Balaban J connectivity index is 2.45. The van der Waals surface area contributed by atoms with Gasteiger partial charge in [0.2, 0.25) is 5.91 Å². The van der Waals surface area contributed by atoms with Crippen LogP contribution >= 0.6 is 11.6 Å². The second-order valence-corrected chi connectivity index (χ2v) is 4.25. The Labute approximate surface area is 94.2 Å². The standard InChI is InChI=1S/C10H17ClFNO2/c11-4-1-10(15)13-6-3-9(14)8(7-13)2-5-12/h8-9,14H,1-7H2/t8-,9+/m1/s1. The Bertz CT molecular complexity index is 216. The molecule has 1 aliphatic heterocycles. The van der Waals surface area contributed by atoms with E-state index < -0.39 is 12.8 Å². The van der Waals surface area contributed by atoms with E-state index in [1.807, 2.05) is 0 Å². The highest BCUT2D eigenvalue weighted by atomic mass is 35.5. The van der Waals surface area contributed by atoms with E-state index in [1.165, 1.54) is 0 Å². The summed E-state index contributed by atoms with van der Waals surface area (Å²) >= 11 is 5.48. The van der Waals surface area contributed by atoms with Crippen LogP contribution in [-0.2, 0) is 4.79 Å². The first kappa shape index (κ1) is 12.7. The van der Waals surface area contributed by atoms with Crippen LogP contribution in [-0.4, -0.2) is 47.7 Å². The molecule has 0 spiro atoms. The van der Waals surface area contributed by atoms with Gasteiger partial charge in [-0.3, -0.25) is 9.18 Å². The quantitative estimate of drug-likeness (QED) is 0.746. The molecular formula is C10H17ClFNO2. The zero-order valence-corrected chi connectivity index (χ0v) is 9.42. The molecule has 1 heterocycles. The van der Waals surface area contributed by atoms with E-state index in [1.54, 1.807) is 4.90 Å². The molecule has 0 aromatic carbocycles. The van der Waals surface area contributed by atoms with Gasteiger partial charge in [0.15, 0.2) is 0 Å². The Kier molecular flexibility index (Phi) is 5.32. The average Bonchev–Trinajstić information content (AvgIpc) is 2.22. The van der Waals surface area contributed by atoms with E-state index in [4.69, 9.17) is 11.6 Å². The van der Waals surface area contributed by atoms with E-state index in [0.717, 1.165) is 0 Å². The molecule has 1 saturated heterocycles. The molecule has 0 saturated carbocycles. The highest BCUT2D eigenvalue weighted by Gasteiger charge is 2.29. The van der Waals surface area contributed by atoms with E-state index in [-0.39, 0.29) is 11.8 Å². The fourth-order valence-corrected chi connectivity index (χ4v) is 2.07. The van der Waals surface area contributed by atoms with E-state index in [0.29, 0.717) is 38.2 Å². The zero-order valence-electron chi connectivity index (χ0n) is 8.66. The molecule has 5 heteroatoms. The first-order valence-electron chi connectivity index (χ1n) is 5.26. The molecule has 0 aromatic rings. The van der Waals surface area contributed by atoms with Gasteiger partial charge < -0.3 is 10.0 Å². The van der Waals surface area contributed by atoms with Gasteiger partial charge in [-0.25, -0.2) is 0 Å². The average molecular weight is 238 g/mol. The molecule has 0 bridgehead atoms. The largest absolute Gasteiger partial charge is 0.393 e. The summed E-state index contributed by atoms with van der Waals surface area (Å²) in [5.41, 5.74) is 0. The molecule has 0 unspecified atom stereocenters. The van der Waals surface area contributed by atoms with Gasteiger partial charge in [0, 0.05) is 31.3 Å². The Morgan fingerprint density at radius 1 is 1.60 bits per heavy atom. The third kappa shape index (κ3) is 3.61. The number of rotatable bonds is 4. The predicted molar refractivity (Wildman–Crippen MR) is 56.6 cm³/mol. The second-order valence-electron chi connectivity index (χ2n) is 3.87. The number of hydrogen-bond acceptors (Lipinski definition) is 2. The number of nitrogens with zero attached hydrogens (tertiary/aromatic N) is 1. The summed E-state index contributed by atoms with van der Waals surface area (Å²) in [7, 11) is 0. The zero-order chi connectivity index (χ0) is 11.3. The van der Waals surface area contributed by atoms with Crippen LogP contribution in [0.2, 0.25) is 0 Å². The van der Waals surface area contributed by atoms with Crippen molar-refractivity contribution in [3.63, 3.8) is 0 Å². The third-order valence-corrected chi connectivity index (χ3v) is 3.02. The summed E-state index contributed by atoms with van der Waals surface area (Å²) < 4.78 is 12.2. The monoisotopic (exact) mass is 237 g/mol. The van der Waals surface area contributed by atoms with Gasteiger partial charge in [-0.05, 0) is 12.8 Å². The maximum atomic E-state index is 12.2. The van der Waals surface area contributed by atoms with Crippen molar-refractivity contribution in [1.82, 2.24) is 4.90 Å². The van der Waals surface area contributed by atoms with E-state index >= 15 is 0 Å². The van der Waals surface area contributed by atoms with Gasteiger partial charge in [-0.2, -0.15) is 0 Å². The van der Waals surface area contributed by atoms with Crippen molar-refractivity contribution in [2.24, 2.45) is 5.92 Å². The minimum Gasteiger partial charge on any atom is -0.393 e. The first-order valence-corrected chi connectivity index (χ1v) is 5.80. The van der Waals surface area contributed by atoms with Gasteiger partial charge in [0.25, 0.3) is 0 Å². The summed E-state index contributed by atoms with van der Waals surface area (Å²) in [6, 6.07) is 0. The number of halogens is 2. The second kappa shape index (κ2) is 6.28. The smallest absolute Gasteiger partial charge is 0.223 e. The van der Waals surface area contributed by atoms with Crippen molar-refractivity contribution in [2.45, 2.75) is 25.4 Å². The van der Waals surface area contributed by atoms with Crippen molar-refractivity contribution in [1.29, 1.82) is 0 Å². The van der Waals surface area contributed by atoms with Crippen LogP contribution in [0.4, 0.5) is 4.39 Å². The maximum Gasteiger partial charge on any atom is 0.223 e. The molecule has 2 atom stereocenters. The number of aliphatic hydroxyl groups is 1. The van der Waals surface area contributed by atoms with Gasteiger partial charge in [0.05, 0.1) is 12.8 Å². The maximum absolute atomic E-state index is 12.2.